The number of nitrogens with one attached hydrogen (secondary N) is 1. The van der Waals surface area contributed by atoms with Crippen LogP contribution in [0.4, 0.5) is 0 Å². The van der Waals surface area contributed by atoms with Gasteiger partial charge in [0.1, 0.15) is 11.9 Å². The minimum atomic E-state index is 0. The van der Waals surface area contributed by atoms with Crippen LogP contribution in [-0.2, 0) is 0 Å². The van der Waals surface area contributed by atoms with Crippen molar-refractivity contribution in [1.82, 2.24) is 15.1 Å². The lowest BCUT2D eigenvalue weighted by Crippen LogP contribution is -2.44. The number of ether oxygens (including phenoxy) is 1. The molecule has 1 saturated heterocycles. The number of halogens is 1. The van der Waals surface area contributed by atoms with Gasteiger partial charge in [-0.15, -0.1) is 24.0 Å². The zero-order valence-electron chi connectivity index (χ0n) is 17.6. The van der Waals surface area contributed by atoms with Gasteiger partial charge in [0.25, 0.3) is 0 Å². The van der Waals surface area contributed by atoms with Crippen LogP contribution in [0, 0.1) is 12.8 Å². The standard InChI is InChI=1S/C21H36N4O.HI/c1-6-24(7-2)15-19-12-13-25(16-19)21(22-5)23-14-18(4)26-20-10-8-17(3)9-11-20;/h8-11,18-19H,6-7,12-16H2,1-5H3,(H,22,23);1H. The van der Waals surface area contributed by atoms with E-state index in [0.717, 1.165) is 50.4 Å². The van der Waals surface area contributed by atoms with Crippen LogP contribution in [0.5, 0.6) is 5.75 Å². The summed E-state index contributed by atoms with van der Waals surface area (Å²) in [4.78, 5) is 9.37. The van der Waals surface area contributed by atoms with E-state index in [2.05, 4.69) is 59.9 Å². The zero-order valence-corrected chi connectivity index (χ0v) is 19.9. The fourth-order valence-corrected chi connectivity index (χ4v) is 3.48. The maximum Gasteiger partial charge on any atom is 0.193 e. The molecule has 154 valence electrons. The summed E-state index contributed by atoms with van der Waals surface area (Å²) in [5, 5.41) is 3.48. The van der Waals surface area contributed by atoms with Crippen molar-refractivity contribution in [2.24, 2.45) is 10.9 Å². The predicted molar refractivity (Wildman–Crippen MR) is 126 cm³/mol. The highest BCUT2D eigenvalue weighted by molar-refractivity contribution is 14.0. The number of benzene rings is 1. The minimum Gasteiger partial charge on any atom is -0.489 e. The highest BCUT2D eigenvalue weighted by Gasteiger charge is 2.26. The van der Waals surface area contributed by atoms with Gasteiger partial charge in [-0.25, -0.2) is 0 Å². The highest BCUT2D eigenvalue weighted by atomic mass is 127. The van der Waals surface area contributed by atoms with Crippen LogP contribution in [0.3, 0.4) is 0 Å². The van der Waals surface area contributed by atoms with Gasteiger partial charge in [-0.3, -0.25) is 4.99 Å². The molecule has 1 aliphatic heterocycles. The van der Waals surface area contributed by atoms with Crippen molar-refractivity contribution in [3.05, 3.63) is 29.8 Å². The monoisotopic (exact) mass is 488 g/mol. The number of aliphatic imine (C=N–C) groups is 1. The zero-order chi connectivity index (χ0) is 18.9. The van der Waals surface area contributed by atoms with Gasteiger partial charge in [-0.05, 0) is 51.4 Å². The molecule has 1 aliphatic rings. The van der Waals surface area contributed by atoms with E-state index in [1.165, 1.54) is 18.5 Å². The number of guanidine groups is 1. The second-order valence-electron chi connectivity index (χ2n) is 7.26. The molecular formula is C21H37IN4O. The molecule has 1 aromatic rings. The Morgan fingerprint density at radius 1 is 1.30 bits per heavy atom. The number of likely N-dealkylation sites (tertiary alicyclic amines) is 1. The van der Waals surface area contributed by atoms with Crippen LogP contribution < -0.4 is 10.1 Å². The molecular weight excluding hydrogens is 451 g/mol. The smallest absolute Gasteiger partial charge is 0.193 e. The van der Waals surface area contributed by atoms with Gasteiger partial charge in [0.15, 0.2) is 5.96 Å². The van der Waals surface area contributed by atoms with Crippen molar-refractivity contribution in [2.45, 2.75) is 40.2 Å². The molecule has 0 spiro atoms. The van der Waals surface area contributed by atoms with Crippen molar-refractivity contribution < 1.29 is 4.74 Å². The molecule has 0 radical (unpaired) electrons. The quantitative estimate of drug-likeness (QED) is 0.345. The topological polar surface area (TPSA) is 40.1 Å². The normalized spacial score (nSPS) is 18.4. The van der Waals surface area contributed by atoms with E-state index < -0.39 is 0 Å². The van der Waals surface area contributed by atoms with Gasteiger partial charge < -0.3 is 19.9 Å². The second kappa shape index (κ2) is 12.4. The molecule has 27 heavy (non-hydrogen) atoms. The van der Waals surface area contributed by atoms with Crippen LogP contribution in [-0.4, -0.2) is 68.2 Å². The van der Waals surface area contributed by atoms with Gasteiger partial charge in [0, 0.05) is 26.7 Å². The van der Waals surface area contributed by atoms with Gasteiger partial charge in [-0.1, -0.05) is 31.5 Å². The SMILES string of the molecule is CCN(CC)CC1CCN(C(=NC)NCC(C)Oc2ccc(C)cc2)C1.I. The summed E-state index contributed by atoms with van der Waals surface area (Å²) in [6.45, 7) is 15.0. The van der Waals surface area contributed by atoms with Crippen molar-refractivity contribution in [2.75, 3.05) is 46.3 Å². The van der Waals surface area contributed by atoms with E-state index in [1.807, 2.05) is 19.2 Å². The van der Waals surface area contributed by atoms with Gasteiger partial charge >= 0.3 is 0 Å². The van der Waals surface area contributed by atoms with E-state index in [0.29, 0.717) is 0 Å². The fraction of sp³-hybridized carbons (Fsp3) is 0.667. The van der Waals surface area contributed by atoms with Crippen LogP contribution in [0.25, 0.3) is 0 Å². The molecule has 2 rings (SSSR count). The molecule has 6 heteroatoms. The van der Waals surface area contributed by atoms with E-state index in [4.69, 9.17) is 4.74 Å². The maximum atomic E-state index is 5.99. The molecule has 0 amide bonds. The van der Waals surface area contributed by atoms with Gasteiger partial charge in [0.05, 0.1) is 6.54 Å². The first-order chi connectivity index (χ1) is 12.5. The van der Waals surface area contributed by atoms with Crippen molar-refractivity contribution in [1.29, 1.82) is 0 Å². The Bertz CT molecular complexity index is 560. The number of nitrogens with zero attached hydrogens (tertiary/aromatic N) is 3. The van der Waals surface area contributed by atoms with Crippen LogP contribution in [0.15, 0.2) is 29.3 Å². The van der Waals surface area contributed by atoms with Gasteiger partial charge in [0.2, 0.25) is 0 Å². The lowest BCUT2D eigenvalue weighted by Gasteiger charge is -2.25. The molecule has 5 nitrogen and oxygen atoms in total. The third-order valence-corrected chi connectivity index (χ3v) is 5.11. The Labute approximate surface area is 182 Å². The molecule has 0 aromatic heterocycles. The third kappa shape index (κ3) is 7.86. The highest BCUT2D eigenvalue weighted by Crippen LogP contribution is 2.18. The lowest BCUT2D eigenvalue weighted by atomic mass is 10.1. The van der Waals surface area contributed by atoms with Crippen molar-refractivity contribution in [3.8, 4) is 5.75 Å². The second-order valence-corrected chi connectivity index (χ2v) is 7.26. The Hall–Kier alpha value is -1.02. The minimum absolute atomic E-state index is 0. The average Bonchev–Trinajstić information content (AvgIpc) is 3.10. The van der Waals surface area contributed by atoms with Crippen molar-refractivity contribution >= 4 is 29.9 Å². The molecule has 0 aliphatic carbocycles. The molecule has 2 unspecified atom stereocenters. The Kier molecular flexibility index (Phi) is 11.1. The fourth-order valence-electron chi connectivity index (χ4n) is 3.48. The van der Waals surface area contributed by atoms with Crippen LogP contribution in [0.1, 0.15) is 32.8 Å². The molecule has 0 bridgehead atoms. The molecule has 1 N–H and O–H groups in total. The number of aryl methyl sites for hydroxylation is 1. The van der Waals surface area contributed by atoms with E-state index >= 15 is 0 Å². The maximum absolute atomic E-state index is 5.99. The first-order valence-corrected chi connectivity index (χ1v) is 9.96. The molecule has 1 heterocycles. The number of rotatable bonds is 8. The summed E-state index contributed by atoms with van der Waals surface area (Å²) >= 11 is 0. The summed E-state index contributed by atoms with van der Waals surface area (Å²) in [6, 6.07) is 8.21. The first-order valence-electron chi connectivity index (χ1n) is 9.96. The number of hydrogen-bond acceptors (Lipinski definition) is 3. The Morgan fingerprint density at radius 2 is 1.96 bits per heavy atom. The summed E-state index contributed by atoms with van der Waals surface area (Å²) in [6.07, 6.45) is 1.33. The number of hydrogen-bond donors (Lipinski definition) is 1. The molecule has 1 fully saturated rings. The molecule has 1 aromatic carbocycles. The molecule has 2 atom stereocenters. The van der Waals surface area contributed by atoms with Gasteiger partial charge in [-0.2, -0.15) is 0 Å². The summed E-state index contributed by atoms with van der Waals surface area (Å²) in [5.41, 5.74) is 1.25. The molecule has 0 saturated carbocycles. The van der Waals surface area contributed by atoms with Crippen LogP contribution >= 0.6 is 24.0 Å². The summed E-state index contributed by atoms with van der Waals surface area (Å²) in [5.74, 6) is 2.64. The van der Waals surface area contributed by atoms with Crippen LogP contribution in [0.2, 0.25) is 0 Å². The predicted octanol–water partition coefficient (Wildman–Crippen LogP) is 3.62. The first kappa shape index (κ1) is 24.0. The Balaban J connectivity index is 0.00000364. The van der Waals surface area contributed by atoms with E-state index in [9.17, 15) is 0 Å². The summed E-state index contributed by atoms with van der Waals surface area (Å²) < 4.78 is 5.99. The van der Waals surface area contributed by atoms with E-state index in [-0.39, 0.29) is 30.1 Å². The van der Waals surface area contributed by atoms with Crippen molar-refractivity contribution in [3.63, 3.8) is 0 Å². The van der Waals surface area contributed by atoms with E-state index in [1.54, 1.807) is 0 Å². The Morgan fingerprint density at radius 3 is 2.56 bits per heavy atom. The third-order valence-electron chi connectivity index (χ3n) is 5.11. The lowest BCUT2D eigenvalue weighted by molar-refractivity contribution is 0.222. The summed E-state index contributed by atoms with van der Waals surface area (Å²) in [7, 11) is 1.87. The average molecular weight is 488 g/mol. The largest absolute Gasteiger partial charge is 0.489 e.